The second-order valence-corrected chi connectivity index (χ2v) is 4.80. The zero-order valence-electron chi connectivity index (χ0n) is 11.6. The van der Waals surface area contributed by atoms with Crippen molar-refractivity contribution in [1.29, 1.82) is 0 Å². The highest BCUT2D eigenvalue weighted by atomic mass is 16.5. The zero-order chi connectivity index (χ0) is 13.7. The highest BCUT2D eigenvalue weighted by Gasteiger charge is 2.19. The van der Waals surface area contributed by atoms with E-state index in [9.17, 15) is 4.79 Å². The first-order valence-corrected chi connectivity index (χ1v) is 6.79. The van der Waals surface area contributed by atoms with Crippen molar-refractivity contribution in [3.63, 3.8) is 0 Å². The van der Waals surface area contributed by atoms with E-state index in [0.29, 0.717) is 19.8 Å². The molecule has 1 saturated heterocycles. The molecule has 1 atom stereocenters. The molecule has 1 aromatic carbocycles. The minimum absolute atomic E-state index is 0.150. The van der Waals surface area contributed by atoms with Crippen LogP contribution < -0.4 is 4.74 Å². The molecule has 0 radical (unpaired) electrons. The first-order chi connectivity index (χ1) is 9.19. The van der Waals surface area contributed by atoms with Crippen molar-refractivity contribution in [3.05, 3.63) is 29.8 Å². The van der Waals surface area contributed by atoms with E-state index in [1.165, 1.54) is 0 Å². The van der Waals surface area contributed by atoms with E-state index < -0.39 is 0 Å². The van der Waals surface area contributed by atoms with Crippen LogP contribution in [0, 0.1) is 0 Å². The summed E-state index contributed by atoms with van der Waals surface area (Å²) in [6.07, 6.45) is 0.210. The highest BCUT2D eigenvalue weighted by Crippen LogP contribution is 2.13. The Morgan fingerprint density at radius 1 is 1.42 bits per heavy atom. The molecule has 0 bridgehead atoms. The highest BCUT2D eigenvalue weighted by molar-refractivity contribution is 5.97. The summed E-state index contributed by atoms with van der Waals surface area (Å²) in [6.45, 7) is 7.43. The van der Waals surface area contributed by atoms with Gasteiger partial charge in [0.05, 0.1) is 25.9 Å². The van der Waals surface area contributed by atoms with Crippen LogP contribution in [0.2, 0.25) is 0 Å². The molecule has 0 saturated carbocycles. The van der Waals surface area contributed by atoms with Gasteiger partial charge >= 0.3 is 0 Å². The Kier molecular flexibility index (Phi) is 4.93. The average Bonchev–Trinajstić information content (AvgIpc) is 2.40. The topological polar surface area (TPSA) is 38.8 Å². The maximum Gasteiger partial charge on any atom is 0.176 e. The molecule has 0 amide bonds. The van der Waals surface area contributed by atoms with Crippen molar-refractivity contribution in [2.45, 2.75) is 20.0 Å². The first-order valence-electron chi connectivity index (χ1n) is 6.79. The van der Waals surface area contributed by atoms with Gasteiger partial charge in [-0.15, -0.1) is 0 Å². The maximum absolute atomic E-state index is 12.2. The Labute approximate surface area is 114 Å². The normalized spacial score (nSPS) is 20.2. The molecule has 1 aliphatic rings. The number of carbonyl (C=O) groups excluding carboxylic acids is 1. The third-order valence-corrected chi connectivity index (χ3v) is 3.18. The summed E-state index contributed by atoms with van der Waals surface area (Å²) in [6, 6.07) is 7.35. The molecule has 1 unspecified atom stereocenters. The van der Waals surface area contributed by atoms with Crippen molar-refractivity contribution in [2.75, 3.05) is 32.8 Å². The molecule has 104 valence electrons. The Hall–Kier alpha value is -1.39. The number of nitrogens with zero attached hydrogens (tertiary/aromatic N) is 1. The van der Waals surface area contributed by atoms with Gasteiger partial charge in [0.25, 0.3) is 0 Å². The van der Waals surface area contributed by atoms with Gasteiger partial charge < -0.3 is 9.47 Å². The van der Waals surface area contributed by atoms with Crippen LogP contribution in [0.3, 0.4) is 0 Å². The van der Waals surface area contributed by atoms with Gasteiger partial charge in [0.2, 0.25) is 0 Å². The van der Waals surface area contributed by atoms with E-state index in [2.05, 4.69) is 4.90 Å². The Balaban J connectivity index is 1.91. The molecule has 19 heavy (non-hydrogen) atoms. The van der Waals surface area contributed by atoms with Crippen LogP contribution in [0.5, 0.6) is 5.75 Å². The molecule has 4 nitrogen and oxygen atoms in total. The van der Waals surface area contributed by atoms with Gasteiger partial charge in [-0.05, 0) is 38.1 Å². The number of hydrogen-bond acceptors (Lipinski definition) is 4. The lowest BCUT2D eigenvalue weighted by atomic mass is 10.1. The lowest BCUT2D eigenvalue weighted by Gasteiger charge is -2.30. The molecule has 1 aromatic rings. The molecule has 2 rings (SSSR count). The number of hydrogen-bond donors (Lipinski definition) is 0. The summed E-state index contributed by atoms with van der Waals surface area (Å²) in [5.74, 6) is 0.955. The number of ether oxygens (including phenoxy) is 2. The molecule has 0 aliphatic carbocycles. The van der Waals surface area contributed by atoms with Crippen molar-refractivity contribution >= 4 is 5.78 Å². The Morgan fingerprint density at radius 3 is 2.79 bits per heavy atom. The lowest BCUT2D eigenvalue weighted by Crippen LogP contribution is -2.43. The summed E-state index contributed by atoms with van der Waals surface area (Å²) in [7, 11) is 0. The largest absolute Gasteiger partial charge is 0.494 e. The minimum atomic E-state index is 0.150. The van der Waals surface area contributed by atoms with Gasteiger partial charge in [0.1, 0.15) is 5.75 Å². The number of Topliss-reactive ketones (excluding diaryl/α,β-unsaturated/α-hetero) is 1. The van der Waals surface area contributed by atoms with Crippen molar-refractivity contribution < 1.29 is 14.3 Å². The van der Waals surface area contributed by atoms with E-state index in [4.69, 9.17) is 9.47 Å². The summed E-state index contributed by atoms with van der Waals surface area (Å²) in [5.41, 5.74) is 0.739. The van der Waals surface area contributed by atoms with Crippen molar-refractivity contribution in [1.82, 2.24) is 4.90 Å². The van der Waals surface area contributed by atoms with Gasteiger partial charge in [-0.3, -0.25) is 9.69 Å². The van der Waals surface area contributed by atoms with Crippen LogP contribution in [-0.2, 0) is 4.74 Å². The average molecular weight is 263 g/mol. The van der Waals surface area contributed by atoms with Crippen molar-refractivity contribution in [2.24, 2.45) is 0 Å². The number of benzene rings is 1. The monoisotopic (exact) mass is 263 g/mol. The van der Waals surface area contributed by atoms with Crippen molar-refractivity contribution in [3.8, 4) is 5.75 Å². The van der Waals surface area contributed by atoms with E-state index in [0.717, 1.165) is 24.4 Å². The van der Waals surface area contributed by atoms with Crippen LogP contribution in [0.15, 0.2) is 24.3 Å². The third kappa shape index (κ3) is 4.04. The van der Waals surface area contributed by atoms with Crippen LogP contribution in [0.4, 0.5) is 0 Å². The number of carbonyl (C=O) groups is 1. The van der Waals surface area contributed by atoms with Gasteiger partial charge in [0, 0.05) is 18.7 Å². The van der Waals surface area contributed by atoms with Crippen LogP contribution >= 0.6 is 0 Å². The van der Waals surface area contributed by atoms with E-state index in [-0.39, 0.29) is 11.9 Å². The molecule has 1 aliphatic heterocycles. The SMILES string of the molecule is CCOc1ccc(C(=O)CN2CCOC(C)C2)cc1. The fourth-order valence-electron chi connectivity index (χ4n) is 2.23. The Morgan fingerprint density at radius 2 is 2.16 bits per heavy atom. The summed E-state index contributed by atoms with van der Waals surface area (Å²) >= 11 is 0. The zero-order valence-corrected chi connectivity index (χ0v) is 11.6. The number of rotatable bonds is 5. The van der Waals surface area contributed by atoms with Gasteiger partial charge in [-0.25, -0.2) is 0 Å². The molecule has 0 N–H and O–H groups in total. The molecule has 0 aromatic heterocycles. The third-order valence-electron chi connectivity index (χ3n) is 3.18. The standard InChI is InChI=1S/C15H21NO3/c1-3-18-14-6-4-13(5-7-14)15(17)11-16-8-9-19-12(2)10-16/h4-7,12H,3,8-11H2,1-2H3. The molecular formula is C15H21NO3. The van der Waals surface area contributed by atoms with Gasteiger partial charge in [-0.1, -0.05) is 0 Å². The van der Waals surface area contributed by atoms with Crippen LogP contribution in [0.1, 0.15) is 24.2 Å². The predicted octanol–water partition coefficient (Wildman–Crippen LogP) is 1.99. The minimum Gasteiger partial charge on any atom is -0.494 e. The summed E-state index contributed by atoms with van der Waals surface area (Å²) < 4.78 is 10.8. The van der Waals surface area contributed by atoms with E-state index in [1.807, 2.05) is 38.1 Å². The second-order valence-electron chi connectivity index (χ2n) is 4.80. The summed E-state index contributed by atoms with van der Waals surface area (Å²) in [5, 5.41) is 0. The molecule has 4 heteroatoms. The first kappa shape index (κ1) is 14.0. The van der Waals surface area contributed by atoms with Gasteiger partial charge in [-0.2, -0.15) is 0 Å². The summed E-state index contributed by atoms with van der Waals surface area (Å²) in [4.78, 5) is 14.3. The maximum atomic E-state index is 12.2. The Bertz CT molecular complexity index is 416. The quantitative estimate of drug-likeness (QED) is 0.762. The molecule has 1 fully saturated rings. The van der Waals surface area contributed by atoms with Gasteiger partial charge in [0.15, 0.2) is 5.78 Å². The molecule has 1 heterocycles. The molecule has 0 spiro atoms. The van der Waals surface area contributed by atoms with E-state index >= 15 is 0 Å². The van der Waals surface area contributed by atoms with Crippen LogP contribution in [0.25, 0.3) is 0 Å². The fraction of sp³-hybridized carbons (Fsp3) is 0.533. The number of morpholine rings is 1. The second kappa shape index (κ2) is 6.68. The van der Waals surface area contributed by atoms with Crippen LogP contribution in [-0.4, -0.2) is 49.6 Å². The lowest BCUT2D eigenvalue weighted by molar-refractivity contribution is -0.0158. The van der Waals surface area contributed by atoms with E-state index in [1.54, 1.807) is 0 Å². The number of ketones is 1. The molecular weight excluding hydrogens is 242 g/mol. The smallest absolute Gasteiger partial charge is 0.176 e. The fourth-order valence-corrected chi connectivity index (χ4v) is 2.23. The predicted molar refractivity (Wildman–Crippen MR) is 73.8 cm³/mol.